The predicted molar refractivity (Wildman–Crippen MR) is 79.2 cm³/mol. The van der Waals surface area contributed by atoms with Crippen molar-refractivity contribution in [2.75, 3.05) is 7.05 Å². The van der Waals surface area contributed by atoms with Crippen LogP contribution < -0.4 is 0 Å². The number of rotatable bonds is 3. The minimum Gasteiger partial charge on any atom is -0.336 e. The molecule has 0 aromatic carbocycles. The van der Waals surface area contributed by atoms with E-state index in [2.05, 4.69) is 17.1 Å². The fourth-order valence-electron chi connectivity index (χ4n) is 1.58. The van der Waals surface area contributed by atoms with Crippen molar-refractivity contribution < 1.29 is 0 Å². The van der Waals surface area contributed by atoms with Crippen molar-refractivity contribution in [2.45, 2.75) is 19.8 Å². The summed E-state index contributed by atoms with van der Waals surface area (Å²) >= 11 is 5.58. The van der Waals surface area contributed by atoms with Gasteiger partial charge in [-0.2, -0.15) is 0 Å². The Balaban J connectivity index is 2.95. The number of aliphatic imine (C=N–C) groups is 1. The van der Waals surface area contributed by atoms with E-state index in [1.807, 2.05) is 49.4 Å². The van der Waals surface area contributed by atoms with Gasteiger partial charge in [-0.1, -0.05) is 30.4 Å². The lowest BCUT2D eigenvalue weighted by Gasteiger charge is -2.19. The Bertz CT molecular complexity index is 442. The molecule has 0 fully saturated rings. The summed E-state index contributed by atoms with van der Waals surface area (Å²) in [7, 11) is 1.89. The van der Waals surface area contributed by atoms with Gasteiger partial charge in [0.2, 0.25) is 5.29 Å². The molecule has 0 saturated heterocycles. The zero-order valence-electron chi connectivity index (χ0n) is 10.7. The first-order chi connectivity index (χ1) is 8.65. The minimum absolute atomic E-state index is 0.212. The van der Waals surface area contributed by atoms with E-state index in [1.54, 1.807) is 0 Å². The van der Waals surface area contributed by atoms with Crippen LogP contribution in [0.25, 0.3) is 0 Å². The molecule has 0 aromatic heterocycles. The van der Waals surface area contributed by atoms with Gasteiger partial charge in [0.15, 0.2) is 0 Å². The number of hydrogen-bond donors (Lipinski definition) is 1. The highest BCUT2D eigenvalue weighted by Gasteiger charge is 2.10. The number of hydrogen-bond acceptors (Lipinski definition) is 1. The predicted octanol–water partition coefficient (Wildman–Crippen LogP) is 3.86. The van der Waals surface area contributed by atoms with Crippen molar-refractivity contribution in [1.82, 2.24) is 4.90 Å². The molecule has 1 aliphatic rings. The number of allylic oxidation sites excluding steroid dienone is 5. The Kier molecular flexibility index (Phi) is 6.15. The molecule has 0 unspecified atom stereocenters. The quantitative estimate of drug-likeness (QED) is 0.357. The van der Waals surface area contributed by atoms with Gasteiger partial charge >= 0.3 is 0 Å². The van der Waals surface area contributed by atoms with E-state index in [9.17, 15) is 0 Å². The maximum Gasteiger partial charge on any atom is 0.216 e. The lowest BCUT2D eigenvalue weighted by atomic mass is 10.1. The standard InChI is InChI=1S/C14H18ClN3/c1-3-4-8-11-18(2)13(17-14(15)16)12-9-6-5-7-10-12/h3-4,6,8-11,16H,5,7H2,1-2H3/b4-3-,11-8-,16-14?,17-13?. The molecule has 96 valence electrons. The first kappa shape index (κ1) is 14.5. The normalized spacial score (nSPS) is 16.4. The van der Waals surface area contributed by atoms with Crippen LogP contribution in [0.5, 0.6) is 0 Å². The largest absolute Gasteiger partial charge is 0.336 e. The SMILES string of the molecule is C/C=C\C=C/N(C)C(=NC(=N)Cl)C1=CCCC=C1. The minimum atomic E-state index is -0.212. The molecule has 1 rings (SSSR count). The monoisotopic (exact) mass is 263 g/mol. The Hall–Kier alpha value is -1.61. The van der Waals surface area contributed by atoms with Crippen LogP contribution in [0, 0.1) is 5.41 Å². The van der Waals surface area contributed by atoms with E-state index in [0.717, 1.165) is 18.4 Å². The number of likely N-dealkylation sites (N-methyl/N-ethyl adjacent to an activating group) is 1. The second kappa shape index (κ2) is 7.67. The second-order valence-electron chi connectivity index (χ2n) is 3.84. The Morgan fingerprint density at radius 1 is 1.44 bits per heavy atom. The molecule has 0 radical (unpaired) electrons. The van der Waals surface area contributed by atoms with Crippen molar-refractivity contribution in [3.63, 3.8) is 0 Å². The number of amidine groups is 2. The van der Waals surface area contributed by atoms with Gasteiger partial charge in [-0.05, 0) is 37.4 Å². The van der Waals surface area contributed by atoms with Crippen LogP contribution in [0.15, 0.2) is 53.2 Å². The third kappa shape index (κ3) is 4.72. The van der Waals surface area contributed by atoms with Crippen LogP contribution >= 0.6 is 11.6 Å². The maximum atomic E-state index is 7.31. The summed E-state index contributed by atoms with van der Waals surface area (Å²) in [4.78, 5) is 5.94. The molecule has 0 amide bonds. The van der Waals surface area contributed by atoms with Gasteiger partial charge in [-0.25, -0.2) is 4.99 Å². The van der Waals surface area contributed by atoms with Gasteiger partial charge in [0, 0.05) is 18.8 Å². The zero-order valence-corrected chi connectivity index (χ0v) is 11.5. The van der Waals surface area contributed by atoms with Gasteiger partial charge in [0.05, 0.1) is 0 Å². The van der Waals surface area contributed by atoms with Crippen LogP contribution in [0.1, 0.15) is 19.8 Å². The van der Waals surface area contributed by atoms with Crippen LogP contribution in [-0.2, 0) is 0 Å². The van der Waals surface area contributed by atoms with E-state index in [4.69, 9.17) is 17.0 Å². The Morgan fingerprint density at radius 2 is 2.22 bits per heavy atom. The number of nitrogens with one attached hydrogen (secondary N) is 1. The summed E-state index contributed by atoms with van der Waals surface area (Å²) in [6, 6.07) is 0. The smallest absolute Gasteiger partial charge is 0.216 e. The molecule has 0 atom stereocenters. The maximum absolute atomic E-state index is 7.31. The highest BCUT2D eigenvalue weighted by atomic mass is 35.5. The van der Waals surface area contributed by atoms with Crippen molar-refractivity contribution in [1.29, 1.82) is 5.41 Å². The van der Waals surface area contributed by atoms with E-state index < -0.39 is 0 Å². The average Bonchev–Trinajstić information content (AvgIpc) is 2.37. The molecular formula is C14H18ClN3. The fourth-order valence-corrected chi connectivity index (χ4v) is 1.66. The molecular weight excluding hydrogens is 246 g/mol. The first-order valence-electron chi connectivity index (χ1n) is 5.87. The van der Waals surface area contributed by atoms with E-state index in [-0.39, 0.29) is 5.29 Å². The highest BCUT2D eigenvalue weighted by Crippen LogP contribution is 2.14. The van der Waals surface area contributed by atoms with Crippen molar-refractivity contribution in [3.05, 3.63) is 48.2 Å². The Labute approximate surface area is 113 Å². The lowest BCUT2D eigenvalue weighted by Crippen LogP contribution is -2.23. The summed E-state index contributed by atoms with van der Waals surface area (Å²) in [5.41, 5.74) is 0.999. The first-order valence-corrected chi connectivity index (χ1v) is 6.25. The molecule has 3 nitrogen and oxygen atoms in total. The van der Waals surface area contributed by atoms with Crippen molar-refractivity contribution >= 4 is 22.7 Å². The molecule has 0 bridgehead atoms. The highest BCUT2D eigenvalue weighted by molar-refractivity contribution is 6.64. The third-order valence-electron chi connectivity index (χ3n) is 2.40. The van der Waals surface area contributed by atoms with Crippen molar-refractivity contribution in [2.24, 2.45) is 4.99 Å². The van der Waals surface area contributed by atoms with E-state index in [0.29, 0.717) is 5.84 Å². The van der Waals surface area contributed by atoms with Gasteiger partial charge < -0.3 is 4.90 Å². The van der Waals surface area contributed by atoms with Crippen molar-refractivity contribution in [3.8, 4) is 0 Å². The summed E-state index contributed by atoms with van der Waals surface area (Å²) in [6.45, 7) is 1.96. The molecule has 1 N–H and O–H groups in total. The lowest BCUT2D eigenvalue weighted by molar-refractivity contribution is 0.689. The van der Waals surface area contributed by atoms with Gasteiger partial charge in [0.1, 0.15) is 5.84 Å². The molecule has 1 aliphatic carbocycles. The summed E-state index contributed by atoms with van der Waals surface area (Å²) < 4.78 is 0. The van der Waals surface area contributed by atoms with Gasteiger partial charge in [-0.15, -0.1) is 0 Å². The van der Waals surface area contributed by atoms with E-state index >= 15 is 0 Å². The molecule has 0 spiro atoms. The average molecular weight is 264 g/mol. The number of nitrogens with zero attached hydrogens (tertiary/aromatic N) is 2. The molecule has 0 heterocycles. The van der Waals surface area contributed by atoms with Crippen LogP contribution in [0.3, 0.4) is 0 Å². The topological polar surface area (TPSA) is 39.5 Å². The second-order valence-corrected chi connectivity index (χ2v) is 4.20. The molecule has 0 aromatic rings. The third-order valence-corrected chi connectivity index (χ3v) is 2.49. The van der Waals surface area contributed by atoms with Crippen LogP contribution in [-0.4, -0.2) is 23.1 Å². The van der Waals surface area contributed by atoms with Gasteiger partial charge in [0.25, 0.3) is 0 Å². The Morgan fingerprint density at radius 3 is 2.78 bits per heavy atom. The number of halogens is 1. The zero-order chi connectivity index (χ0) is 13.4. The van der Waals surface area contributed by atoms with Gasteiger partial charge in [-0.3, -0.25) is 5.41 Å². The summed E-state index contributed by atoms with van der Waals surface area (Å²) in [5.74, 6) is 0.687. The summed E-state index contributed by atoms with van der Waals surface area (Å²) in [6.07, 6.45) is 16.0. The molecule has 0 aliphatic heterocycles. The van der Waals surface area contributed by atoms with Crippen LogP contribution in [0.4, 0.5) is 0 Å². The molecule has 0 saturated carbocycles. The summed E-state index contributed by atoms with van der Waals surface area (Å²) in [5, 5.41) is 7.10. The molecule has 18 heavy (non-hydrogen) atoms. The fraction of sp³-hybridized carbons (Fsp3) is 0.286. The van der Waals surface area contributed by atoms with E-state index in [1.165, 1.54) is 0 Å². The molecule has 4 heteroatoms. The van der Waals surface area contributed by atoms with Crippen LogP contribution in [0.2, 0.25) is 0 Å².